The number of para-hydroxylation sites is 1. The standard InChI is InChI=1S/C14H13ClFNO2S/c1-20(17,18)10-6-7-11(13(15)8-10)12-4-2-3-5-14(12)19-9-16/h2-8,17H,9H2,1H3. The molecule has 0 aliphatic carbocycles. The second-order valence-corrected chi connectivity index (χ2v) is 6.80. The van der Waals surface area contributed by atoms with Crippen LogP contribution in [-0.4, -0.2) is 17.3 Å². The summed E-state index contributed by atoms with van der Waals surface area (Å²) in [5.41, 5.74) is 1.29. The highest BCUT2D eigenvalue weighted by atomic mass is 35.5. The molecule has 1 unspecified atom stereocenters. The average molecular weight is 314 g/mol. The first-order valence-corrected chi connectivity index (χ1v) is 8.09. The maximum absolute atomic E-state index is 12.4. The van der Waals surface area contributed by atoms with Gasteiger partial charge in [-0.15, -0.1) is 0 Å². The Morgan fingerprint density at radius 3 is 2.55 bits per heavy atom. The molecular weight excluding hydrogens is 301 g/mol. The van der Waals surface area contributed by atoms with Gasteiger partial charge in [0.25, 0.3) is 0 Å². The summed E-state index contributed by atoms with van der Waals surface area (Å²) >= 11 is 6.18. The second kappa shape index (κ2) is 5.81. The minimum absolute atomic E-state index is 0.347. The van der Waals surface area contributed by atoms with Crippen LogP contribution < -0.4 is 4.74 Å². The van der Waals surface area contributed by atoms with Crippen LogP contribution in [0.25, 0.3) is 11.1 Å². The lowest BCUT2D eigenvalue weighted by Gasteiger charge is -2.11. The highest BCUT2D eigenvalue weighted by Crippen LogP contribution is 2.36. The van der Waals surface area contributed by atoms with Crippen LogP contribution in [0.2, 0.25) is 5.02 Å². The summed E-state index contributed by atoms with van der Waals surface area (Å²) in [7, 11) is -2.82. The van der Waals surface area contributed by atoms with Gasteiger partial charge in [0.1, 0.15) is 5.75 Å². The molecule has 6 heteroatoms. The summed E-state index contributed by atoms with van der Waals surface area (Å²) in [6.45, 7) is -0.928. The number of rotatable bonds is 4. The van der Waals surface area contributed by atoms with Gasteiger partial charge in [-0.1, -0.05) is 35.9 Å². The van der Waals surface area contributed by atoms with Crippen molar-refractivity contribution in [1.29, 1.82) is 4.78 Å². The lowest BCUT2D eigenvalue weighted by molar-refractivity contribution is 0.192. The monoisotopic (exact) mass is 313 g/mol. The average Bonchev–Trinajstić information content (AvgIpc) is 2.39. The molecule has 20 heavy (non-hydrogen) atoms. The lowest BCUT2D eigenvalue weighted by atomic mass is 10.0. The van der Waals surface area contributed by atoms with E-state index in [1.165, 1.54) is 12.3 Å². The molecule has 2 rings (SSSR count). The van der Waals surface area contributed by atoms with Crippen LogP contribution in [0.5, 0.6) is 5.75 Å². The fourth-order valence-electron chi connectivity index (χ4n) is 1.83. The Balaban J connectivity index is 2.55. The van der Waals surface area contributed by atoms with Crippen molar-refractivity contribution in [3.8, 4) is 16.9 Å². The SMILES string of the molecule is CS(=N)(=O)c1ccc(-c2ccccc2OCF)c(Cl)c1. The zero-order valence-electron chi connectivity index (χ0n) is 10.7. The molecule has 0 aliphatic rings. The van der Waals surface area contributed by atoms with E-state index in [0.29, 0.717) is 26.8 Å². The van der Waals surface area contributed by atoms with Gasteiger partial charge in [-0.2, -0.15) is 0 Å². The summed E-state index contributed by atoms with van der Waals surface area (Å²) in [6, 6.07) is 11.7. The Morgan fingerprint density at radius 2 is 1.95 bits per heavy atom. The number of benzene rings is 2. The number of alkyl halides is 1. The van der Waals surface area contributed by atoms with Crippen molar-refractivity contribution in [1.82, 2.24) is 0 Å². The molecule has 0 aliphatic heterocycles. The summed E-state index contributed by atoms with van der Waals surface area (Å²) in [5.74, 6) is 0.382. The van der Waals surface area contributed by atoms with E-state index in [-0.39, 0.29) is 0 Å². The molecule has 1 N–H and O–H groups in total. The van der Waals surface area contributed by atoms with Gasteiger partial charge >= 0.3 is 0 Å². The van der Waals surface area contributed by atoms with E-state index in [9.17, 15) is 8.60 Å². The third kappa shape index (κ3) is 3.11. The number of hydrogen-bond donors (Lipinski definition) is 1. The number of halogens is 2. The normalized spacial score (nSPS) is 13.8. The topological polar surface area (TPSA) is 50.2 Å². The van der Waals surface area contributed by atoms with Crippen LogP contribution in [-0.2, 0) is 9.73 Å². The zero-order chi connectivity index (χ0) is 14.8. The molecule has 0 heterocycles. The molecule has 1 atom stereocenters. The third-order valence-electron chi connectivity index (χ3n) is 2.78. The molecule has 2 aromatic carbocycles. The Hall–Kier alpha value is -1.59. The van der Waals surface area contributed by atoms with Crippen molar-refractivity contribution in [2.45, 2.75) is 4.90 Å². The van der Waals surface area contributed by atoms with Gasteiger partial charge in [-0.25, -0.2) is 13.4 Å². The largest absolute Gasteiger partial charge is 0.462 e. The van der Waals surface area contributed by atoms with Crippen molar-refractivity contribution in [3.63, 3.8) is 0 Å². The number of nitrogens with one attached hydrogen (secondary N) is 1. The second-order valence-electron chi connectivity index (χ2n) is 4.23. The smallest absolute Gasteiger partial charge is 0.228 e. The predicted molar refractivity (Wildman–Crippen MR) is 78.5 cm³/mol. The molecule has 0 amide bonds. The van der Waals surface area contributed by atoms with Gasteiger partial charge in [0, 0.05) is 27.3 Å². The van der Waals surface area contributed by atoms with E-state index in [4.69, 9.17) is 21.1 Å². The van der Waals surface area contributed by atoms with Gasteiger partial charge < -0.3 is 4.74 Å². The number of hydrogen-bond acceptors (Lipinski definition) is 3. The summed E-state index contributed by atoms with van der Waals surface area (Å²) < 4.78 is 36.5. The third-order valence-corrected chi connectivity index (χ3v) is 4.24. The molecule has 0 bridgehead atoms. The number of ether oxygens (including phenoxy) is 1. The summed E-state index contributed by atoms with van der Waals surface area (Å²) in [5, 5.41) is 0.347. The lowest BCUT2D eigenvalue weighted by Crippen LogP contribution is -1.96. The van der Waals surface area contributed by atoms with Gasteiger partial charge in [0.15, 0.2) is 0 Å². The molecule has 106 valence electrons. The molecule has 2 aromatic rings. The summed E-state index contributed by atoms with van der Waals surface area (Å²) in [6.07, 6.45) is 1.33. The molecule has 0 saturated carbocycles. The first-order chi connectivity index (χ1) is 9.43. The summed E-state index contributed by atoms with van der Waals surface area (Å²) in [4.78, 5) is 0.357. The molecule has 0 spiro atoms. The Kier molecular flexibility index (Phi) is 4.30. The fraction of sp³-hybridized carbons (Fsp3) is 0.143. The van der Waals surface area contributed by atoms with Crippen LogP contribution in [0.4, 0.5) is 4.39 Å². The van der Waals surface area contributed by atoms with Gasteiger partial charge in [-0.05, 0) is 18.2 Å². The van der Waals surface area contributed by atoms with Gasteiger partial charge in [0.05, 0.1) is 9.73 Å². The predicted octanol–water partition coefficient (Wildman–Crippen LogP) is 4.35. The molecule has 0 saturated heterocycles. The minimum Gasteiger partial charge on any atom is -0.462 e. The van der Waals surface area contributed by atoms with Crippen molar-refractivity contribution in [3.05, 3.63) is 47.5 Å². The van der Waals surface area contributed by atoms with E-state index in [2.05, 4.69) is 0 Å². The molecule has 3 nitrogen and oxygen atoms in total. The quantitative estimate of drug-likeness (QED) is 0.912. The van der Waals surface area contributed by atoms with Gasteiger partial charge in [-0.3, -0.25) is 0 Å². The minimum atomic E-state index is -2.82. The Labute approximate surface area is 122 Å². The van der Waals surface area contributed by atoms with E-state index in [1.54, 1.807) is 36.4 Å². The highest BCUT2D eigenvalue weighted by Gasteiger charge is 2.12. The first-order valence-electron chi connectivity index (χ1n) is 5.75. The van der Waals surface area contributed by atoms with Crippen LogP contribution in [0, 0.1) is 4.78 Å². The highest BCUT2D eigenvalue weighted by molar-refractivity contribution is 7.91. The van der Waals surface area contributed by atoms with Crippen LogP contribution in [0.15, 0.2) is 47.4 Å². The maximum atomic E-state index is 12.4. The van der Waals surface area contributed by atoms with Gasteiger partial charge in [0.2, 0.25) is 6.86 Å². The van der Waals surface area contributed by atoms with E-state index >= 15 is 0 Å². The Bertz CT molecular complexity index is 732. The molecule has 0 radical (unpaired) electrons. The van der Waals surface area contributed by atoms with E-state index in [0.717, 1.165) is 0 Å². The first kappa shape index (κ1) is 14.8. The fourth-order valence-corrected chi connectivity index (χ4v) is 2.85. The van der Waals surface area contributed by atoms with Crippen LogP contribution >= 0.6 is 11.6 Å². The zero-order valence-corrected chi connectivity index (χ0v) is 12.3. The van der Waals surface area contributed by atoms with Crippen LogP contribution in [0.1, 0.15) is 0 Å². The maximum Gasteiger partial charge on any atom is 0.228 e. The van der Waals surface area contributed by atoms with E-state index in [1.807, 2.05) is 0 Å². The van der Waals surface area contributed by atoms with Crippen molar-refractivity contribution >= 4 is 21.3 Å². The van der Waals surface area contributed by atoms with Crippen LogP contribution in [0.3, 0.4) is 0 Å². The van der Waals surface area contributed by atoms with Crippen molar-refractivity contribution < 1.29 is 13.3 Å². The Morgan fingerprint density at radius 1 is 1.25 bits per heavy atom. The molecule has 0 aromatic heterocycles. The van der Waals surface area contributed by atoms with E-state index < -0.39 is 16.6 Å². The molecule has 0 fully saturated rings. The van der Waals surface area contributed by atoms with Crippen molar-refractivity contribution in [2.24, 2.45) is 0 Å². The molecular formula is C14H13ClFNO2S. The van der Waals surface area contributed by atoms with Crippen molar-refractivity contribution in [2.75, 3.05) is 13.1 Å².